The summed E-state index contributed by atoms with van der Waals surface area (Å²) in [6, 6.07) is 14.8. The van der Waals surface area contributed by atoms with Gasteiger partial charge in [-0.2, -0.15) is 0 Å². The molecule has 0 saturated carbocycles. The number of hydrogen-bond donors (Lipinski definition) is 0. The van der Waals surface area contributed by atoms with Crippen molar-refractivity contribution in [3.63, 3.8) is 0 Å². The molecule has 2 amide bonds. The number of anilines is 1. The van der Waals surface area contributed by atoms with Crippen LogP contribution in [0.2, 0.25) is 5.02 Å². The summed E-state index contributed by atoms with van der Waals surface area (Å²) in [5.41, 5.74) is 1.92. The quantitative estimate of drug-likeness (QED) is 0.800. The molecule has 24 heavy (non-hydrogen) atoms. The number of benzene rings is 2. The van der Waals surface area contributed by atoms with Crippen molar-refractivity contribution >= 4 is 29.1 Å². The van der Waals surface area contributed by atoms with E-state index in [2.05, 4.69) is 0 Å². The highest BCUT2D eigenvalue weighted by molar-refractivity contribution is 6.31. The summed E-state index contributed by atoms with van der Waals surface area (Å²) in [5.74, 6) is -0.000645. The molecule has 0 bridgehead atoms. The minimum absolute atomic E-state index is 0.0742. The first-order valence-corrected chi connectivity index (χ1v) is 8.33. The topological polar surface area (TPSA) is 40.6 Å². The molecule has 1 saturated heterocycles. The van der Waals surface area contributed by atoms with Gasteiger partial charge in [-0.15, -0.1) is 0 Å². The number of carbonyl (C=O) groups excluding carboxylic acids is 2. The van der Waals surface area contributed by atoms with Gasteiger partial charge in [0.25, 0.3) is 5.91 Å². The first-order valence-electron chi connectivity index (χ1n) is 7.95. The lowest BCUT2D eigenvalue weighted by molar-refractivity contribution is -0.122. The number of carbonyl (C=O) groups is 2. The number of halogens is 1. The summed E-state index contributed by atoms with van der Waals surface area (Å²) in [6.07, 6.45) is 0.652. The Morgan fingerprint density at radius 1 is 1.17 bits per heavy atom. The van der Waals surface area contributed by atoms with E-state index in [-0.39, 0.29) is 11.8 Å². The van der Waals surface area contributed by atoms with Gasteiger partial charge in [0.15, 0.2) is 0 Å². The second-order valence-corrected chi connectivity index (χ2v) is 6.89. The summed E-state index contributed by atoms with van der Waals surface area (Å²) in [4.78, 5) is 29.2. The van der Waals surface area contributed by atoms with Crippen LogP contribution in [0.5, 0.6) is 0 Å². The molecule has 2 heterocycles. The van der Waals surface area contributed by atoms with Gasteiger partial charge in [0.1, 0.15) is 0 Å². The Morgan fingerprint density at radius 2 is 1.96 bits per heavy atom. The third-order valence-corrected chi connectivity index (χ3v) is 5.36. The van der Waals surface area contributed by atoms with Gasteiger partial charge in [0.05, 0.1) is 5.41 Å². The molecule has 1 atom stereocenters. The number of fused-ring (bicyclic) bond motifs is 2. The minimum Gasteiger partial charge on any atom is -0.337 e. The summed E-state index contributed by atoms with van der Waals surface area (Å²) >= 11 is 5.99. The van der Waals surface area contributed by atoms with Gasteiger partial charge in [-0.1, -0.05) is 35.9 Å². The lowest BCUT2D eigenvalue weighted by atomic mass is 9.81. The number of para-hydroxylation sites is 1. The predicted octanol–water partition coefficient (Wildman–Crippen LogP) is 3.10. The van der Waals surface area contributed by atoms with Gasteiger partial charge in [0.2, 0.25) is 5.91 Å². The van der Waals surface area contributed by atoms with Crippen molar-refractivity contribution < 1.29 is 9.59 Å². The molecule has 0 unspecified atom stereocenters. The third kappa shape index (κ3) is 2.06. The molecule has 2 aromatic rings. The number of nitrogens with zero attached hydrogens (tertiary/aromatic N) is 2. The standard InChI is InChI=1S/C19H17ClN2O2/c1-21-16-8-3-2-7-15(16)19(18(21)24)9-10-22(12-19)17(23)13-5-4-6-14(20)11-13/h2-8,11H,9-10,12H2,1H3/t19-/m1/s1. The fourth-order valence-electron chi connectivity index (χ4n) is 3.90. The average Bonchev–Trinajstić information content (AvgIpc) is 3.13. The van der Waals surface area contributed by atoms with Crippen molar-refractivity contribution in [1.29, 1.82) is 0 Å². The van der Waals surface area contributed by atoms with Crippen LogP contribution in [-0.4, -0.2) is 36.9 Å². The van der Waals surface area contributed by atoms with Crippen molar-refractivity contribution in [1.82, 2.24) is 4.90 Å². The predicted molar refractivity (Wildman–Crippen MR) is 93.5 cm³/mol. The van der Waals surface area contributed by atoms with Crippen LogP contribution in [0.4, 0.5) is 5.69 Å². The van der Waals surface area contributed by atoms with Crippen LogP contribution >= 0.6 is 11.6 Å². The zero-order chi connectivity index (χ0) is 16.9. The van der Waals surface area contributed by atoms with Gasteiger partial charge in [-0.05, 0) is 36.2 Å². The number of hydrogen-bond acceptors (Lipinski definition) is 2. The molecular formula is C19H17ClN2O2. The zero-order valence-electron chi connectivity index (χ0n) is 13.3. The highest BCUT2D eigenvalue weighted by atomic mass is 35.5. The number of likely N-dealkylation sites (N-methyl/N-ethyl adjacent to an activating group) is 1. The van der Waals surface area contributed by atoms with E-state index in [1.54, 1.807) is 41.1 Å². The Morgan fingerprint density at radius 3 is 2.75 bits per heavy atom. The molecular weight excluding hydrogens is 324 g/mol. The van der Waals surface area contributed by atoms with Crippen molar-refractivity contribution in [3.8, 4) is 0 Å². The zero-order valence-corrected chi connectivity index (χ0v) is 14.1. The molecule has 122 valence electrons. The van der Waals surface area contributed by atoms with Gasteiger partial charge < -0.3 is 9.80 Å². The monoisotopic (exact) mass is 340 g/mol. The fraction of sp³-hybridized carbons (Fsp3) is 0.263. The highest BCUT2D eigenvalue weighted by Gasteiger charge is 2.54. The van der Waals surface area contributed by atoms with E-state index in [1.807, 2.05) is 24.3 Å². The van der Waals surface area contributed by atoms with Crippen LogP contribution in [-0.2, 0) is 10.2 Å². The highest BCUT2D eigenvalue weighted by Crippen LogP contribution is 2.46. The second kappa shape index (κ2) is 5.35. The van der Waals surface area contributed by atoms with Gasteiger partial charge >= 0.3 is 0 Å². The maximum absolute atomic E-state index is 12.9. The second-order valence-electron chi connectivity index (χ2n) is 6.45. The van der Waals surface area contributed by atoms with Crippen molar-refractivity contribution in [3.05, 3.63) is 64.7 Å². The van der Waals surface area contributed by atoms with Crippen LogP contribution in [0.1, 0.15) is 22.3 Å². The fourth-order valence-corrected chi connectivity index (χ4v) is 4.09. The van der Waals surface area contributed by atoms with E-state index >= 15 is 0 Å². The smallest absolute Gasteiger partial charge is 0.253 e. The van der Waals surface area contributed by atoms with Gasteiger partial charge in [-0.25, -0.2) is 0 Å². The Hall–Kier alpha value is -2.33. The number of amides is 2. The Bertz CT molecular complexity index is 851. The first kappa shape index (κ1) is 15.2. The van der Waals surface area contributed by atoms with E-state index in [0.29, 0.717) is 30.1 Å². The normalized spacial score (nSPS) is 22.3. The van der Waals surface area contributed by atoms with Crippen molar-refractivity contribution in [2.24, 2.45) is 0 Å². The largest absolute Gasteiger partial charge is 0.337 e. The van der Waals surface area contributed by atoms with Crippen LogP contribution in [0, 0.1) is 0 Å². The maximum Gasteiger partial charge on any atom is 0.253 e. The summed E-state index contributed by atoms with van der Waals surface area (Å²) in [6.45, 7) is 0.984. The van der Waals surface area contributed by atoms with Crippen LogP contribution in [0.3, 0.4) is 0 Å². The maximum atomic E-state index is 12.9. The van der Waals surface area contributed by atoms with Gasteiger partial charge in [0, 0.05) is 36.4 Å². The molecule has 2 aromatic carbocycles. The lowest BCUT2D eigenvalue weighted by Crippen LogP contribution is -2.42. The molecule has 0 N–H and O–H groups in total. The molecule has 2 aliphatic rings. The molecule has 2 aliphatic heterocycles. The SMILES string of the molecule is CN1C(=O)[C@@]2(CCN(C(=O)c3cccc(Cl)c3)C2)c2ccccc21. The summed E-state index contributed by atoms with van der Waals surface area (Å²) < 4.78 is 0. The minimum atomic E-state index is -0.612. The summed E-state index contributed by atoms with van der Waals surface area (Å²) in [7, 11) is 1.80. The first-order chi connectivity index (χ1) is 11.5. The molecule has 4 nitrogen and oxygen atoms in total. The van der Waals surface area contributed by atoms with Crippen molar-refractivity contribution in [2.75, 3.05) is 25.0 Å². The third-order valence-electron chi connectivity index (χ3n) is 5.12. The van der Waals surface area contributed by atoms with E-state index in [1.165, 1.54) is 0 Å². The molecule has 1 spiro atoms. The molecule has 0 aliphatic carbocycles. The van der Waals surface area contributed by atoms with E-state index in [9.17, 15) is 9.59 Å². The Kier molecular flexibility index (Phi) is 3.39. The van der Waals surface area contributed by atoms with Crippen molar-refractivity contribution in [2.45, 2.75) is 11.8 Å². The lowest BCUT2D eigenvalue weighted by Gasteiger charge is -2.23. The number of likely N-dealkylation sites (tertiary alicyclic amines) is 1. The van der Waals surface area contributed by atoms with Crippen LogP contribution < -0.4 is 4.90 Å². The Labute approximate surface area is 145 Å². The molecule has 4 rings (SSSR count). The molecule has 0 radical (unpaired) electrons. The molecule has 5 heteroatoms. The Balaban J connectivity index is 1.67. The van der Waals surface area contributed by atoms with E-state index in [0.717, 1.165) is 11.3 Å². The molecule has 0 aromatic heterocycles. The summed E-state index contributed by atoms with van der Waals surface area (Å²) in [5, 5.41) is 0.539. The van der Waals surface area contributed by atoms with Crippen LogP contribution in [0.15, 0.2) is 48.5 Å². The molecule has 1 fully saturated rings. The average molecular weight is 341 g/mol. The number of rotatable bonds is 1. The van der Waals surface area contributed by atoms with Gasteiger partial charge in [-0.3, -0.25) is 9.59 Å². The van der Waals surface area contributed by atoms with E-state index in [4.69, 9.17) is 11.6 Å². The van der Waals surface area contributed by atoms with E-state index < -0.39 is 5.41 Å². The van der Waals surface area contributed by atoms with Crippen LogP contribution in [0.25, 0.3) is 0 Å².